The van der Waals surface area contributed by atoms with Crippen molar-refractivity contribution in [2.75, 3.05) is 18.0 Å². The molecule has 8 heteroatoms. The van der Waals surface area contributed by atoms with Gasteiger partial charge < -0.3 is 4.90 Å². The Morgan fingerprint density at radius 1 is 1.15 bits per heavy atom. The van der Waals surface area contributed by atoms with Crippen LogP contribution in [0.2, 0.25) is 0 Å². The van der Waals surface area contributed by atoms with Crippen LogP contribution in [0.25, 0.3) is 16.2 Å². The van der Waals surface area contributed by atoms with Gasteiger partial charge in [0.25, 0.3) is 0 Å². The summed E-state index contributed by atoms with van der Waals surface area (Å²) in [7, 11) is 0. The first-order chi connectivity index (χ1) is 16.2. The number of amides is 1. The van der Waals surface area contributed by atoms with E-state index >= 15 is 0 Å². The van der Waals surface area contributed by atoms with E-state index in [4.69, 9.17) is 5.26 Å². The van der Waals surface area contributed by atoms with Crippen molar-refractivity contribution in [2.45, 2.75) is 19.3 Å². The van der Waals surface area contributed by atoms with E-state index in [2.05, 4.69) is 38.6 Å². The fourth-order valence-corrected chi connectivity index (χ4v) is 4.81. The number of thiazole rings is 1. The van der Waals surface area contributed by atoms with E-state index in [1.165, 1.54) is 29.9 Å². The van der Waals surface area contributed by atoms with Gasteiger partial charge in [-0.2, -0.15) is 10.4 Å². The second-order valence-electron chi connectivity index (χ2n) is 7.95. The molecule has 0 radical (unpaired) electrons. The summed E-state index contributed by atoms with van der Waals surface area (Å²) in [5.41, 5.74) is 7.99. The molecule has 0 atom stereocenters. The molecule has 1 aliphatic heterocycles. The molecular formula is C25H22N6OS. The van der Waals surface area contributed by atoms with Crippen molar-refractivity contribution in [3.63, 3.8) is 0 Å². The summed E-state index contributed by atoms with van der Waals surface area (Å²) >= 11 is 1.49. The smallest absolute Gasteiger partial charge is 0.246 e. The highest BCUT2D eigenvalue weighted by molar-refractivity contribution is 7.15. The quantitative estimate of drug-likeness (QED) is 0.349. The summed E-state index contributed by atoms with van der Waals surface area (Å²) < 4.78 is 1.93. The maximum atomic E-state index is 12.4. The second kappa shape index (κ2) is 9.27. The topological polar surface area (TPSA) is 85.8 Å². The first-order valence-electron chi connectivity index (χ1n) is 10.8. The van der Waals surface area contributed by atoms with Crippen molar-refractivity contribution in [3.8, 4) is 17.3 Å². The van der Waals surface area contributed by atoms with Gasteiger partial charge in [-0.3, -0.25) is 9.20 Å². The number of nitrogens with zero attached hydrogens (tertiary/aromatic N) is 5. The zero-order chi connectivity index (χ0) is 22.6. The first-order valence-corrected chi connectivity index (χ1v) is 11.7. The minimum absolute atomic E-state index is 0.187. The Morgan fingerprint density at radius 3 is 2.64 bits per heavy atom. The summed E-state index contributed by atoms with van der Waals surface area (Å²) in [6.07, 6.45) is 6.29. The van der Waals surface area contributed by atoms with Crippen molar-refractivity contribution in [1.82, 2.24) is 14.8 Å². The van der Waals surface area contributed by atoms with Gasteiger partial charge in [-0.15, -0.1) is 11.3 Å². The van der Waals surface area contributed by atoms with Gasteiger partial charge in [0.1, 0.15) is 0 Å². The number of anilines is 1. The average molecular weight is 455 g/mol. The lowest BCUT2D eigenvalue weighted by Crippen LogP contribution is -2.20. The second-order valence-corrected chi connectivity index (χ2v) is 8.79. The number of carbonyl (C=O) groups excluding carboxylic acids is 1. The van der Waals surface area contributed by atoms with Gasteiger partial charge in [-0.25, -0.2) is 10.4 Å². The maximum Gasteiger partial charge on any atom is 0.246 e. The predicted molar refractivity (Wildman–Crippen MR) is 131 cm³/mol. The van der Waals surface area contributed by atoms with Crippen LogP contribution < -0.4 is 10.3 Å². The number of nitrogens with one attached hydrogen (secondary N) is 1. The molecule has 0 spiro atoms. The van der Waals surface area contributed by atoms with E-state index < -0.39 is 0 Å². The monoisotopic (exact) mass is 454 g/mol. The molecule has 2 aromatic heterocycles. The third-order valence-electron chi connectivity index (χ3n) is 5.70. The Morgan fingerprint density at radius 2 is 1.91 bits per heavy atom. The highest BCUT2D eigenvalue weighted by Crippen LogP contribution is 2.24. The Kier molecular flexibility index (Phi) is 5.87. The van der Waals surface area contributed by atoms with E-state index in [0.717, 1.165) is 40.6 Å². The molecule has 1 saturated heterocycles. The van der Waals surface area contributed by atoms with Gasteiger partial charge in [0.15, 0.2) is 4.96 Å². The fourth-order valence-electron chi connectivity index (χ4n) is 3.94. The molecule has 0 saturated carbocycles. The SMILES string of the molecule is N#Cc1ccc(-c2cn3c(CC(=O)N/N=C/c4ccc(N5CCCC5)cc4)csc3n2)cc1. The van der Waals surface area contributed by atoms with Crippen LogP contribution in [0.15, 0.2) is 65.2 Å². The molecule has 1 fully saturated rings. The largest absolute Gasteiger partial charge is 0.372 e. The van der Waals surface area contributed by atoms with E-state index in [-0.39, 0.29) is 12.3 Å². The van der Waals surface area contributed by atoms with Gasteiger partial charge in [0.05, 0.1) is 30.0 Å². The maximum absolute atomic E-state index is 12.4. The van der Waals surface area contributed by atoms with Gasteiger partial charge in [0, 0.05) is 41.6 Å². The molecule has 0 unspecified atom stereocenters. The number of nitriles is 1. The molecule has 2 aromatic carbocycles. The van der Waals surface area contributed by atoms with Gasteiger partial charge in [0.2, 0.25) is 5.91 Å². The third kappa shape index (κ3) is 4.64. The average Bonchev–Trinajstić information content (AvgIpc) is 3.59. The van der Waals surface area contributed by atoms with Crippen LogP contribution in [0.4, 0.5) is 5.69 Å². The van der Waals surface area contributed by atoms with Crippen LogP contribution in [0, 0.1) is 11.3 Å². The van der Waals surface area contributed by atoms with Crippen LogP contribution in [0.3, 0.4) is 0 Å². The number of imidazole rings is 1. The van der Waals surface area contributed by atoms with Crippen molar-refractivity contribution in [1.29, 1.82) is 5.26 Å². The van der Waals surface area contributed by atoms with Crippen molar-refractivity contribution in [3.05, 3.63) is 76.9 Å². The lowest BCUT2D eigenvalue weighted by molar-refractivity contribution is -0.120. The summed E-state index contributed by atoms with van der Waals surface area (Å²) in [6.45, 7) is 2.23. The summed E-state index contributed by atoms with van der Waals surface area (Å²) in [5, 5.41) is 15.0. The van der Waals surface area contributed by atoms with Crippen molar-refractivity contribution < 1.29 is 4.79 Å². The summed E-state index contributed by atoms with van der Waals surface area (Å²) in [5.74, 6) is -0.187. The Hall–Kier alpha value is -3.96. The highest BCUT2D eigenvalue weighted by Gasteiger charge is 2.13. The summed E-state index contributed by atoms with van der Waals surface area (Å²) in [4.78, 5) is 20.3. The van der Waals surface area contributed by atoms with Gasteiger partial charge in [-0.1, -0.05) is 24.3 Å². The molecule has 164 valence electrons. The minimum atomic E-state index is -0.187. The third-order valence-corrected chi connectivity index (χ3v) is 6.59. The number of benzene rings is 2. The normalized spacial score (nSPS) is 13.6. The zero-order valence-corrected chi connectivity index (χ0v) is 18.8. The molecule has 7 nitrogen and oxygen atoms in total. The number of hydrogen-bond acceptors (Lipinski definition) is 6. The highest BCUT2D eigenvalue weighted by atomic mass is 32.1. The Bertz CT molecular complexity index is 1340. The number of carbonyl (C=O) groups is 1. The van der Waals surface area contributed by atoms with Gasteiger partial charge >= 0.3 is 0 Å². The number of rotatable bonds is 6. The number of fused-ring (bicyclic) bond motifs is 1. The van der Waals surface area contributed by atoms with E-state index in [9.17, 15) is 4.79 Å². The first kappa shape index (κ1) is 20.9. The number of hydrogen-bond donors (Lipinski definition) is 1. The molecule has 1 aliphatic rings. The lowest BCUT2D eigenvalue weighted by Gasteiger charge is -2.17. The molecule has 4 aromatic rings. The molecule has 0 aliphatic carbocycles. The van der Waals surface area contributed by atoms with Crippen LogP contribution in [0.1, 0.15) is 29.7 Å². The minimum Gasteiger partial charge on any atom is -0.372 e. The lowest BCUT2D eigenvalue weighted by atomic mass is 10.1. The number of aromatic nitrogens is 2. The molecule has 3 heterocycles. The van der Waals surface area contributed by atoms with Crippen molar-refractivity contribution in [2.24, 2.45) is 5.10 Å². The molecular weight excluding hydrogens is 432 g/mol. The van der Waals surface area contributed by atoms with Crippen LogP contribution >= 0.6 is 11.3 Å². The van der Waals surface area contributed by atoms with Crippen molar-refractivity contribution >= 4 is 34.1 Å². The van der Waals surface area contributed by atoms with E-state index in [1.807, 2.05) is 40.2 Å². The fraction of sp³-hybridized carbons (Fsp3) is 0.200. The van der Waals surface area contributed by atoms with E-state index in [1.54, 1.807) is 18.3 Å². The standard InChI is InChI=1S/C25H22N6OS/c26-14-18-3-7-20(8-4-18)23-16-31-22(17-33-25(31)28-23)13-24(32)29-27-15-19-5-9-21(10-6-19)30-11-1-2-12-30/h3-10,15-17H,1-2,11-13H2,(H,29,32)/b27-15+. The van der Waals surface area contributed by atoms with Crippen LogP contribution in [-0.4, -0.2) is 34.6 Å². The summed E-state index contributed by atoms with van der Waals surface area (Å²) in [6, 6.07) is 17.6. The van der Waals surface area contributed by atoms with E-state index in [0.29, 0.717) is 5.56 Å². The molecule has 1 amide bonds. The van der Waals surface area contributed by atoms with Crippen LogP contribution in [0.5, 0.6) is 0 Å². The molecule has 5 rings (SSSR count). The molecule has 0 bridgehead atoms. The Labute approximate surface area is 195 Å². The molecule has 1 N–H and O–H groups in total. The predicted octanol–water partition coefficient (Wildman–Crippen LogP) is 4.23. The number of hydrazone groups is 1. The van der Waals surface area contributed by atoms with Gasteiger partial charge in [-0.05, 0) is 42.7 Å². The molecule has 33 heavy (non-hydrogen) atoms. The Balaban J connectivity index is 1.21. The zero-order valence-electron chi connectivity index (χ0n) is 17.9. The van der Waals surface area contributed by atoms with Crippen LogP contribution in [-0.2, 0) is 11.2 Å².